The molecular formula is C12H18. The molecule has 4 aliphatic rings. The first-order valence-corrected chi connectivity index (χ1v) is 5.26. The summed E-state index contributed by atoms with van der Waals surface area (Å²) < 4.78 is 0. The molecule has 0 aromatic rings. The van der Waals surface area contributed by atoms with Gasteiger partial charge in [-0.3, -0.25) is 0 Å². The third-order valence-corrected chi connectivity index (χ3v) is 5.03. The maximum Gasteiger partial charge on any atom is -0.0120 e. The largest absolute Gasteiger partial charge is 0.0913 e. The van der Waals surface area contributed by atoms with E-state index in [2.05, 4.69) is 32.9 Å². The lowest BCUT2D eigenvalue weighted by Crippen LogP contribution is -2.22. The van der Waals surface area contributed by atoms with Gasteiger partial charge in [-0.05, 0) is 48.3 Å². The fourth-order valence-electron chi connectivity index (χ4n) is 4.39. The van der Waals surface area contributed by atoms with Gasteiger partial charge in [0, 0.05) is 0 Å². The Morgan fingerprint density at radius 2 is 1.83 bits per heavy atom. The summed E-state index contributed by atoms with van der Waals surface area (Å²) >= 11 is 0. The minimum absolute atomic E-state index is 0.620. The van der Waals surface area contributed by atoms with E-state index in [1.807, 2.05) is 0 Å². The van der Waals surface area contributed by atoms with Crippen LogP contribution in [0.4, 0.5) is 0 Å². The molecule has 0 aromatic carbocycles. The van der Waals surface area contributed by atoms with Crippen molar-refractivity contribution in [1.82, 2.24) is 0 Å². The van der Waals surface area contributed by atoms with Crippen molar-refractivity contribution in [3.05, 3.63) is 12.2 Å². The Balaban J connectivity index is 2.00. The van der Waals surface area contributed by atoms with Gasteiger partial charge in [-0.25, -0.2) is 0 Å². The summed E-state index contributed by atoms with van der Waals surface area (Å²) in [7, 11) is 0. The van der Waals surface area contributed by atoms with Crippen LogP contribution in [0.1, 0.15) is 33.6 Å². The fraction of sp³-hybridized carbons (Fsp3) is 0.833. The lowest BCUT2D eigenvalue weighted by molar-refractivity contribution is 0.203. The lowest BCUT2D eigenvalue weighted by Gasteiger charge is -2.29. The SMILES string of the molecule is CC=CC1C(C)(C)C2CC13CC23. The molecule has 2 bridgehead atoms. The van der Waals surface area contributed by atoms with E-state index in [-0.39, 0.29) is 0 Å². The van der Waals surface area contributed by atoms with Crippen molar-refractivity contribution in [3.8, 4) is 0 Å². The zero-order valence-corrected chi connectivity index (χ0v) is 8.30. The number of fused-ring (bicyclic) bond motifs is 1. The summed E-state index contributed by atoms with van der Waals surface area (Å²) in [6.07, 6.45) is 7.83. The van der Waals surface area contributed by atoms with E-state index >= 15 is 0 Å². The van der Waals surface area contributed by atoms with Crippen molar-refractivity contribution in [2.24, 2.45) is 28.6 Å². The average molecular weight is 162 g/mol. The van der Waals surface area contributed by atoms with Gasteiger partial charge in [0.05, 0.1) is 0 Å². The second-order valence-corrected chi connectivity index (χ2v) is 5.68. The lowest BCUT2D eigenvalue weighted by atomic mass is 9.76. The minimum Gasteiger partial charge on any atom is -0.0913 e. The van der Waals surface area contributed by atoms with E-state index < -0.39 is 0 Å². The van der Waals surface area contributed by atoms with E-state index in [1.165, 1.54) is 0 Å². The molecule has 0 nitrogen and oxygen atoms in total. The van der Waals surface area contributed by atoms with Crippen LogP contribution in [0.25, 0.3) is 0 Å². The molecule has 0 heteroatoms. The molecule has 0 N–H and O–H groups in total. The molecule has 0 heterocycles. The number of rotatable bonds is 1. The Kier molecular flexibility index (Phi) is 0.995. The monoisotopic (exact) mass is 162 g/mol. The molecule has 66 valence electrons. The number of hydrogen-bond donors (Lipinski definition) is 0. The van der Waals surface area contributed by atoms with Gasteiger partial charge in [0.25, 0.3) is 0 Å². The predicted octanol–water partition coefficient (Wildman–Crippen LogP) is 3.24. The van der Waals surface area contributed by atoms with Crippen molar-refractivity contribution >= 4 is 0 Å². The van der Waals surface area contributed by atoms with E-state index in [1.54, 1.807) is 12.8 Å². The highest BCUT2D eigenvalue weighted by atomic mass is 14.8. The highest BCUT2D eigenvalue weighted by Gasteiger charge is 2.80. The van der Waals surface area contributed by atoms with Gasteiger partial charge in [-0.15, -0.1) is 0 Å². The van der Waals surface area contributed by atoms with Crippen LogP contribution in [0, 0.1) is 28.6 Å². The maximum atomic E-state index is 2.48. The molecule has 0 radical (unpaired) electrons. The van der Waals surface area contributed by atoms with Crippen molar-refractivity contribution in [1.29, 1.82) is 0 Å². The zero-order chi connectivity index (χ0) is 8.56. The Hall–Kier alpha value is -0.260. The highest BCUT2D eigenvalue weighted by molar-refractivity contribution is 5.32. The fourth-order valence-corrected chi connectivity index (χ4v) is 4.39. The molecule has 12 heavy (non-hydrogen) atoms. The molecule has 0 saturated heterocycles. The second-order valence-electron chi connectivity index (χ2n) is 5.68. The van der Waals surface area contributed by atoms with E-state index in [9.17, 15) is 0 Å². The number of allylic oxidation sites excluding steroid dienone is 2. The normalized spacial score (nSPS) is 58.4. The Morgan fingerprint density at radius 1 is 1.17 bits per heavy atom. The van der Waals surface area contributed by atoms with E-state index in [4.69, 9.17) is 0 Å². The molecule has 4 fully saturated rings. The van der Waals surface area contributed by atoms with Gasteiger partial charge in [0.2, 0.25) is 0 Å². The van der Waals surface area contributed by atoms with Gasteiger partial charge in [-0.1, -0.05) is 26.0 Å². The third kappa shape index (κ3) is 0.496. The molecule has 1 spiro atoms. The predicted molar refractivity (Wildman–Crippen MR) is 50.7 cm³/mol. The number of hydrogen-bond acceptors (Lipinski definition) is 0. The first-order valence-electron chi connectivity index (χ1n) is 5.26. The molecule has 0 aromatic heterocycles. The van der Waals surface area contributed by atoms with Crippen LogP contribution >= 0.6 is 0 Å². The molecule has 4 unspecified atom stereocenters. The summed E-state index contributed by atoms with van der Waals surface area (Å²) in [4.78, 5) is 0. The Labute approximate surface area is 75.0 Å². The molecule has 4 rings (SSSR count). The van der Waals surface area contributed by atoms with Gasteiger partial charge in [0.15, 0.2) is 0 Å². The van der Waals surface area contributed by atoms with Crippen molar-refractivity contribution in [3.63, 3.8) is 0 Å². The van der Waals surface area contributed by atoms with Crippen LogP contribution in [0.2, 0.25) is 0 Å². The van der Waals surface area contributed by atoms with E-state index in [0.29, 0.717) is 5.41 Å². The molecule has 4 saturated carbocycles. The first-order chi connectivity index (χ1) is 5.63. The third-order valence-electron chi connectivity index (χ3n) is 5.03. The molecule has 4 atom stereocenters. The molecular weight excluding hydrogens is 144 g/mol. The summed E-state index contributed by atoms with van der Waals surface area (Å²) in [6, 6.07) is 0. The summed E-state index contributed by atoms with van der Waals surface area (Å²) in [6.45, 7) is 7.12. The van der Waals surface area contributed by atoms with Crippen molar-refractivity contribution in [2.75, 3.05) is 0 Å². The van der Waals surface area contributed by atoms with E-state index in [0.717, 1.165) is 23.2 Å². The van der Waals surface area contributed by atoms with Gasteiger partial charge in [0.1, 0.15) is 0 Å². The molecule has 0 amide bonds. The van der Waals surface area contributed by atoms with Crippen LogP contribution in [-0.2, 0) is 0 Å². The smallest absolute Gasteiger partial charge is 0.0120 e. The van der Waals surface area contributed by atoms with Crippen molar-refractivity contribution < 1.29 is 0 Å². The van der Waals surface area contributed by atoms with Crippen LogP contribution < -0.4 is 0 Å². The maximum absolute atomic E-state index is 2.48. The van der Waals surface area contributed by atoms with Crippen LogP contribution in [0.5, 0.6) is 0 Å². The van der Waals surface area contributed by atoms with Crippen molar-refractivity contribution in [2.45, 2.75) is 33.6 Å². The van der Waals surface area contributed by atoms with Crippen LogP contribution in [-0.4, -0.2) is 0 Å². The van der Waals surface area contributed by atoms with Gasteiger partial charge in [-0.2, -0.15) is 0 Å². The Bertz CT molecular complexity index is 261. The molecule has 0 aliphatic heterocycles. The zero-order valence-electron chi connectivity index (χ0n) is 8.30. The summed E-state index contributed by atoms with van der Waals surface area (Å²) in [5.41, 5.74) is 1.44. The van der Waals surface area contributed by atoms with Gasteiger partial charge >= 0.3 is 0 Å². The van der Waals surface area contributed by atoms with Crippen LogP contribution in [0.3, 0.4) is 0 Å². The first kappa shape index (κ1) is 7.17. The Morgan fingerprint density at radius 3 is 2.25 bits per heavy atom. The summed E-state index contributed by atoms with van der Waals surface area (Å²) in [5.74, 6) is 3.11. The standard InChI is InChI=1S/C12H18/c1-4-5-10-11(2,3)8-6-12(10)7-9(8)12/h4-5,8-10H,6-7H2,1-3H3. The second kappa shape index (κ2) is 1.66. The van der Waals surface area contributed by atoms with Crippen LogP contribution in [0.15, 0.2) is 12.2 Å². The minimum atomic E-state index is 0.620. The molecule has 4 aliphatic carbocycles. The highest BCUT2D eigenvalue weighted by Crippen LogP contribution is 2.87. The topological polar surface area (TPSA) is 0 Å². The quantitative estimate of drug-likeness (QED) is 0.519. The average Bonchev–Trinajstić information content (AvgIpc) is 2.37. The van der Waals surface area contributed by atoms with Gasteiger partial charge < -0.3 is 0 Å². The summed E-state index contributed by atoms with van der Waals surface area (Å²) in [5, 5.41) is 0.